The van der Waals surface area contributed by atoms with Gasteiger partial charge in [0.2, 0.25) is 0 Å². The number of piperidine rings is 2. The fourth-order valence-corrected chi connectivity index (χ4v) is 5.62. The number of likely N-dealkylation sites (tertiary alicyclic amines) is 2. The van der Waals surface area contributed by atoms with Gasteiger partial charge in [-0.25, -0.2) is 4.39 Å². The summed E-state index contributed by atoms with van der Waals surface area (Å²) < 4.78 is 20.1. The predicted molar refractivity (Wildman–Crippen MR) is 157 cm³/mol. The Kier molecular flexibility index (Phi) is 9.42. The van der Waals surface area contributed by atoms with E-state index in [-0.39, 0.29) is 35.4 Å². The number of hydrogen-bond acceptors (Lipinski definition) is 7. The van der Waals surface area contributed by atoms with E-state index in [1.807, 2.05) is 17.0 Å². The molecule has 1 N–H and O–H groups in total. The molecule has 0 saturated carbocycles. The van der Waals surface area contributed by atoms with Crippen LogP contribution in [0.4, 0.5) is 4.39 Å². The molecule has 2 fully saturated rings. The number of ether oxygens (including phenoxy) is 1. The number of alkyl halides is 1. The molecule has 10 heteroatoms. The van der Waals surface area contributed by atoms with Gasteiger partial charge in [-0.2, -0.15) is 5.26 Å². The van der Waals surface area contributed by atoms with E-state index in [1.54, 1.807) is 48.4 Å². The van der Waals surface area contributed by atoms with Crippen LogP contribution < -0.4 is 10.1 Å². The molecule has 3 heterocycles. The van der Waals surface area contributed by atoms with Gasteiger partial charge in [-0.15, -0.1) is 0 Å². The van der Waals surface area contributed by atoms with E-state index < -0.39 is 18.1 Å². The Bertz CT molecular complexity index is 1480. The first-order chi connectivity index (χ1) is 20.8. The van der Waals surface area contributed by atoms with Crippen molar-refractivity contribution in [3.05, 3.63) is 94.8 Å². The molecule has 0 radical (unpaired) electrons. The number of pyridine rings is 1. The molecule has 5 rings (SSSR count). The van der Waals surface area contributed by atoms with Crippen LogP contribution in [0, 0.1) is 17.2 Å². The summed E-state index contributed by atoms with van der Waals surface area (Å²) in [4.78, 5) is 46.7. The van der Waals surface area contributed by atoms with Crippen molar-refractivity contribution in [3.8, 4) is 11.8 Å². The number of nitriles is 1. The highest BCUT2D eigenvalue weighted by atomic mass is 19.1. The number of carbonyl (C=O) groups is 3. The van der Waals surface area contributed by atoms with Crippen molar-refractivity contribution < 1.29 is 23.5 Å². The van der Waals surface area contributed by atoms with E-state index in [0.717, 1.165) is 5.56 Å². The smallest absolute Gasteiger partial charge is 0.272 e. The summed E-state index contributed by atoms with van der Waals surface area (Å²) in [6, 6.07) is 18.8. The number of nitrogens with one attached hydrogen (secondary N) is 1. The van der Waals surface area contributed by atoms with Crippen LogP contribution in [-0.2, 0) is 6.54 Å². The van der Waals surface area contributed by atoms with E-state index >= 15 is 0 Å². The lowest BCUT2D eigenvalue weighted by atomic mass is 9.88. The SMILES string of the molecule is COc1ccc(C(=O)C2CCN(C(=O)c3ccc(C(=O)N[C@@H]4CCN(Cc5ccc(C#N)cc5)C[C@@H]4F)cn3)CC2)cc1. The quantitative estimate of drug-likeness (QED) is 0.398. The van der Waals surface area contributed by atoms with Gasteiger partial charge >= 0.3 is 0 Å². The number of methoxy groups -OCH3 is 1. The molecular formula is C33H34FN5O4. The highest BCUT2D eigenvalue weighted by molar-refractivity contribution is 5.99. The lowest BCUT2D eigenvalue weighted by Gasteiger charge is -2.35. The first-order valence-corrected chi connectivity index (χ1v) is 14.4. The second-order valence-electron chi connectivity index (χ2n) is 11.0. The molecule has 43 heavy (non-hydrogen) atoms. The highest BCUT2D eigenvalue weighted by Gasteiger charge is 2.31. The van der Waals surface area contributed by atoms with E-state index in [1.165, 1.54) is 18.3 Å². The molecule has 2 saturated heterocycles. The number of Topliss-reactive ketones (excluding diaryl/α,β-unsaturated/α-hetero) is 1. The van der Waals surface area contributed by atoms with Gasteiger partial charge in [-0.05, 0) is 73.4 Å². The number of halogens is 1. The summed E-state index contributed by atoms with van der Waals surface area (Å²) in [7, 11) is 1.58. The van der Waals surface area contributed by atoms with Crippen LogP contribution >= 0.6 is 0 Å². The van der Waals surface area contributed by atoms with Crippen LogP contribution in [0.5, 0.6) is 5.75 Å². The van der Waals surface area contributed by atoms with E-state index in [4.69, 9.17) is 10.00 Å². The summed E-state index contributed by atoms with van der Waals surface area (Å²) in [6.07, 6.45) is 1.70. The molecule has 2 aliphatic rings. The zero-order chi connectivity index (χ0) is 30.3. The van der Waals surface area contributed by atoms with Crippen LogP contribution in [-0.4, -0.2) is 77.9 Å². The van der Waals surface area contributed by atoms with Gasteiger partial charge in [0.1, 0.15) is 17.6 Å². The Hall–Kier alpha value is -4.62. The minimum absolute atomic E-state index is 0.0655. The van der Waals surface area contributed by atoms with Gasteiger partial charge in [0, 0.05) is 50.4 Å². The standard InChI is InChI=1S/C33H34FN5O4/c1-43-27-9-6-24(7-10-27)31(40)25-12-16-39(17-13-25)33(42)30-11-8-26(19-36-30)32(41)37-29-14-15-38(21-28(29)34)20-23-4-2-22(18-35)3-5-23/h2-11,19,25,28-29H,12-17,20-21H2,1H3,(H,37,41)/t28-,29+/m0/s1. The molecule has 222 valence electrons. The highest BCUT2D eigenvalue weighted by Crippen LogP contribution is 2.24. The average Bonchev–Trinajstić information content (AvgIpc) is 3.06. The van der Waals surface area contributed by atoms with Crippen LogP contribution in [0.2, 0.25) is 0 Å². The lowest BCUT2D eigenvalue weighted by Crippen LogP contribution is -2.52. The fourth-order valence-electron chi connectivity index (χ4n) is 5.62. The number of hydrogen-bond donors (Lipinski definition) is 1. The molecule has 3 aromatic rings. The molecule has 2 aliphatic heterocycles. The van der Waals surface area contributed by atoms with Crippen molar-refractivity contribution in [2.75, 3.05) is 33.3 Å². The molecule has 2 aromatic carbocycles. The minimum atomic E-state index is -1.23. The van der Waals surface area contributed by atoms with Crippen molar-refractivity contribution in [3.63, 3.8) is 0 Å². The first-order valence-electron chi connectivity index (χ1n) is 14.4. The maximum absolute atomic E-state index is 15.0. The number of ketones is 1. The van der Waals surface area contributed by atoms with Crippen LogP contribution in [0.3, 0.4) is 0 Å². The largest absolute Gasteiger partial charge is 0.497 e. The monoisotopic (exact) mass is 583 g/mol. The van der Waals surface area contributed by atoms with Crippen molar-refractivity contribution in [1.29, 1.82) is 5.26 Å². The Morgan fingerprint density at radius 2 is 1.67 bits per heavy atom. The number of nitrogens with zero attached hydrogens (tertiary/aromatic N) is 4. The van der Waals surface area contributed by atoms with Gasteiger partial charge in [-0.1, -0.05) is 12.1 Å². The van der Waals surface area contributed by atoms with E-state index in [2.05, 4.69) is 16.4 Å². The zero-order valence-electron chi connectivity index (χ0n) is 24.0. The van der Waals surface area contributed by atoms with Crippen molar-refractivity contribution in [2.24, 2.45) is 5.92 Å². The van der Waals surface area contributed by atoms with Gasteiger partial charge in [-0.3, -0.25) is 24.3 Å². The van der Waals surface area contributed by atoms with Crippen molar-refractivity contribution in [2.45, 2.75) is 38.0 Å². The summed E-state index contributed by atoms with van der Waals surface area (Å²) in [5.74, 6) is -0.0788. The van der Waals surface area contributed by atoms with Crippen molar-refractivity contribution >= 4 is 17.6 Å². The molecule has 0 bridgehead atoms. The summed E-state index contributed by atoms with van der Waals surface area (Å²) >= 11 is 0. The molecule has 1 aromatic heterocycles. The number of benzene rings is 2. The Balaban J connectivity index is 1.09. The normalized spacial score (nSPS) is 19.3. The Morgan fingerprint density at radius 3 is 2.28 bits per heavy atom. The summed E-state index contributed by atoms with van der Waals surface area (Å²) in [5, 5.41) is 11.7. The van der Waals surface area contributed by atoms with Crippen LogP contribution in [0.1, 0.15) is 61.6 Å². The zero-order valence-corrected chi connectivity index (χ0v) is 24.0. The topological polar surface area (TPSA) is 116 Å². The first kappa shape index (κ1) is 29.9. The average molecular weight is 584 g/mol. The summed E-state index contributed by atoms with van der Waals surface area (Å²) in [5.41, 5.74) is 2.69. The molecular weight excluding hydrogens is 549 g/mol. The van der Waals surface area contributed by atoms with Crippen LogP contribution in [0.25, 0.3) is 0 Å². The molecule has 0 spiro atoms. The van der Waals surface area contributed by atoms with Gasteiger partial charge in [0.05, 0.1) is 30.3 Å². The molecule has 2 amide bonds. The number of amides is 2. The van der Waals surface area contributed by atoms with Crippen LogP contribution in [0.15, 0.2) is 66.9 Å². The maximum Gasteiger partial charge on any atom is 0.272 e. The predicted octanol–water partition coefficient (Wildman–Crippen LogP) is 4.04. The summed E-state index contributed by atoms with van der Waals surface area (Å²) in [6.45, 7) is 2.27. The van der Waals surface area contributed by atoms with Crippen molar-refractivity contribution in [1.82, 2.24) is 20.1 Å². The molecule has 0 aliphatic carbocycles. The van der Waals surface area contributed by atoms with Gasteiger partial charge < -0.3 is 15.0 Å². The van der Waals surface area contributed by atoms with E-state index in [0.29, 0.717) is 62.3 Å². The third-order valence-electron chi connectivity index (χ3n) is 8.20. The number of aromatic nitrogens is 1. The fraction of sp³-hybridized carbons (Fsp3) is 0.364. The molecule has 2 atom stereocenters. The van der Waals surface area contributed by atoms with Gasteiger partial charge in [0.15, 0.2) is 5.78 Å². The molecule has 0 unspecified atom stereocenters. The minimum Gasteiger partial charge on any atom is -0.497 e. The lowest BCUT2D eigenvalue weighted by molar-refractivity contribution is 0.0645. The second-order valence-corrected chi connectivity index (χ2v) is 11.0. The third kappa shape index (κ3) is 7.24. The third-order valence-corrected chi connectivity index (χ3v) is 8.20. The van der Waals surface area contributed by atoms with Gasteiger partial charge in [0.25, 0.3) is 11.8 Å². The Labute approximate surface area is 250 Å². The number of rotatable bonds is 8. The Morgan fingerprint density at radius 1 is 0.977 bits per heavy atom. The maximum atomic E-state index is 15.0. The second kappa shape index (κ2) is 13.6. The van der Waals surface area contributed by atoms with E-state index in [9.17, 15) is 18.8 Å². The molecule has 9 nitrogen and oxygen atoms in total. The number of carbonyl (C=O) groups excluding carboxylic acids is 3.